The smallest absolute Gasteiger partial charge is 0.409 e. The number of carboxylic acid groups (broad SMARTS) is 2. The van der Waals surface area contributed by atoms with E-state index < -0.39 is 23.8 Å². The minimum atomic E-state index is -0.791. The summed E-state index contributed by atoms with van der Waals surface area (Å²) < 4.78 is 11.5. The Kier molecular flexibility index (Phi) is 11.4. The van der Waals surface area contributed by atoms with Gasteiger partial charge in [0.2, 0.25) is 0 Å². The summed E-state index contributed by atoms with van der Waals surface area (Å²) in [7, 11) is 0. The van der Waals surface area contributed by atoms with Crippen molar-refractivity contribution < 1.29 is 38.9 Å². The van der Waals surface area contributed by atoms with Gasteiger partial charge in [-0.2, -0.15) is 0 Å². The third kappa shape index (κ3) is 7.65. The molecule has 312 valence electrons. The lowest BCUT2D eigenvalue weighted by molar-refractivity contribution is -0.144. The molecule has 4 aromatic carbocycles. The topological polar surface area (TPSA) is 134 Å². The summed E-state index contributed by atoms with van der Waals surface area (Å²) in [5, 5.41) is 19.4. The summed E-state index contributed by atoms with van der Waals surface area (Å²) in [6, 6.07) is 33.0. The highest BCUT2D eigenvalue weighted by Gasteiger charge is 2.46. The van der Waals surface area contributed by atoms with E-state index in [1.807, 2.05) is 48.5 Å². The van der Waals surface area contributed by atoms with Crippen molar-refractivity contribution in [3.05, 3.63) is 119 Å². The number of amides is 2. The van der Waals surface area contributed by atoms with Crippen molar-refractivity contribution in [2.45, 2.75) is 63.2 Å². The number of fused-ring (bicyclic) bond motifs is 6. The van der Waals surface area contributed by atoms with Crippen LogP contribution in [-0.2, 0) is 19.1 Å². The Morgan fingerprint density at radius 3 is 1.07 bits per heavy atom. The van der Waals surface area contributed by atoms with E-state index in [0.29, 0.717) is 24.9 Å². The Hall–Kier alpha value is -5.64. The molecule has 4 aromatic rings. The molecule has 10 heteroatoms. The third-order valence-corrected chi connectivity index (χ3v) is 14.6. The van der Waals surface area contributed by atoms with Crippen molar-refractivity contribution in [3.63, 3.8) is 0 Å². The highest BCUT2D eigenvalue weighted by Crippen LogP contribution is 2.47. The SMILES string of the molecule is O=C(O)[C@@H]1CN(C(=O)OCC2c3ccccc3-c3ccccc32)C[C@H]1C1CCCC1.O=C(O)[C@H]1CN(C(=O)OCC2c3ccccc3-c3ccccc32)C[C@@H]1C1CCCC1. The van der Waals surface area contributed by atoms with Crippen LogP contribution in [0.2, 0.25) is 0 Å². The van der Waals surface area contributed by atoms with E-state index >= 15 is 0 Å². The number of carboxylic acids is 2. The van der Waals surface area contributed by atoms with Crippen molar-refractivity contribution in [1.82, 2.24) is 9.80 Å². The van der Waals surface area contributed by atoms with E-state index in [4.69, 9.17) is 9.47 Å². The lowest BCUT2D eigenvalue weighted by Gasteiger charge is -2.22. The number of carbonyl (C=O) groups is 4. The maximum atomic E-state index is 12.9. The predicted octanol–water partition coefficient (Wildman–Crippen LogP) is 9.52. The number of likely N-dealkylation sites (tertiary alicyclic amines) is 2. The zero-order chi connectivity index (χ0) is 41.3. The first kappa shape index (κ1) is 39.8. The fourth-order valence-electron chi connectivity index (χ4n) is 11.6. The van der Waals surface area contributed by atoms with Crippen LogP contribution in [0.4, 0.5) is 9.59 Å². The van der Waals surface area contributed by atoms with Crippen molar-refractivity contribution in [2.24, 2.45) is 35.5 Å². The quantitative estimate of drug-likeness (QED) is 0.180. The molecule has 0 radical (unpaired) electrons. The molecular formula is C50H54N2O8. The molecule has 10 rings (SSSR count). The molecule has 0 unspecified atom stereocenters. The maximum Gasteiger partial charge on any atom is 0.409 e. The maximum absolute atomic E-state index is 12.9. The Bertz CT molecular complexity index is 2000. The van der Waals surface area contributed by atoms with Crippen molar-refractivity contribution >= 4 is 24.1 Å². The van der Waals surface area contributed by atoms with Crippen LogP contribution in [0, 0.1) is 35.5 Å². The fraction of sp³-hybridized carbons (Fsp3) is 0.440. The second-order valence-corrected chi connectivity index (χ2v) is 17.7. The van der Waals surface area contributed by atoms with Crippen LogP contribution in [0.1, 0.15) is 85.5 Å². The summed E-state index contributed by atoms with van der Waals surface area (Å²) >= 11 is 0. The Morgan fingerprint density at radius 1 is 0.467 bits per heavy atom. The average Bonchev–Trinajstić information content (AvgIpc) is 4.13. The van der Waals surface area contributed by atoms with Crippen molar-refractivity contribution in [2.75, 3.05) is 39.4 Å². The first-order valence-corrected chi connectivity index (χ1v) is 21.9. The Balaban J connectivity index is 0.000000154. The molecule has 2 saturated carbocycles. The molecule has 0 bridgehead atoms. The van der Waals surface area contributed by atoms with Gasteiger partial charge in [-0.25, -0.2) is 9.59 Å². The van der Waals surface area contributed by atoms with Crippen molar-refractivity contribution in [1.29, 1.82) is 0 Å². The summed E-state index contributed by atoms with van der Waals surface area (Å²) in [4.78, 5) is 52.6. The van der Waals surface area contributed by atoms with Gasteiger partial charge in [0, 0.05) is 38.0 Å². The van der Waals surface area contributed by atoms with Gasteiger partial charge in [0.25, 0.3) is 0 Å². The highest BCUT2D eigenvalue weighted by atomic mass is 16.6. The van der Waals surface area contributed by atoms with Gasteiger partial charge in [-0.05, 0) is 68.2 Å². The molecule has 0 spiro atoms. The van der Waals surface area contributed by atoms with Crippen LogP contribution in [0.25, 0.3) is 22.3 Å². The molecule has 2 amide bonds. The number of hydrogen-bond acceptors (Lipinski definition) is 6. The molecule has 10 nitrogen and oxygen atoms in total. The zero-order valence-electron chi connectivity index (χ0n) is 34.0. The van der Waals surface area contributed by atoms with Gasteiger partial charge in [0.1, 0.15) is 13.2 Å². The number of ether oxygens (including phenoxy) is 2. The molecule has 6 aliphatic rings. The van der Waals surface area contributed by atoms with E-state index in [2.05, 4.69) is 48.5 Å². The minimum absolute atomic E-state index is 0.0184. The van der Waals surface area contributed by atoms with E-state index in [1.165, 1.54) is 70.2 Å². The summed E-state index contributed by atoms with van der Waals surface area (Å²) in [6.07, 6.45) is 8.19. The zero-order valence-corrected chi connectivity index (χ0v) is 34.0. The monoisotopic (exact) mass is 810 g/mol. The van der Waals surface area contributed by atoms with Gasteiger partial charge in [-0.3, -0.25) is 9.59 Å². The molecule has 2 heterocycles. The van der Waals surface area contributed by atoms with Gasteiger partial charge in [0.05, 0.1) is 11.8 Å². The number of benzene rings is 4. The average molecular weight is 811 g/mol. The van der Waals surface area contributed by atoms with Gasteiger partial charge in [-0.1, -0.05) is 148 Å². The number of nitrogens with zero attached hydrogens (tertiary/aromatic N) is 2. The molecule has 0 aromatic heterocycles. The van der Waals surface area contributed by atoms with Gasteiger partial charge in [0.15, 0.2) is 0 Å². The number of carbonyl (C=O) groups excluding carboxylic acids is 2. The molecule has 2 saturated heterocycles. The lowest BCUT2D eigenvalue weighted by atomic mass is 9.83. The molecular weight excluding hydrogens is 757 g/mol. The molecule has 4 aliphatic carbocycles. The van der Waals surface area contributed by atoms with Crippen LogP contribution >= 0.6 is 0 Å². The second-order valence-electron chi connectivity index (χ2n) is 17.7. The van der Waals surface area contributed by atoms with Crippen molar-refractivity contribution in [3.8, 4) is 22.3 Å². The molecule has 2 aliphatic heterocycles. The van der Waals surface area contributed by atoms with Crippen LogP contribution < -0.4 is 0 Å². The standard InChI is InChI=1S/2C25H27NO4/c2*27-24(28)22-14-26(13-21(22)16-7-1-2-8-16)25(29)30-15-23-19-11-5-3-9-17(19)18-10-4-6-12-20(18)23/h2*3-6,9-12,16,21-23H,1-2,7-8,13-15H2,(H,27,28)/t2*21-,22+/m10/s1. The summed E-state index contributed by atoms with van der Waals surface area (Å²) in [5.74, 6) is -1.58. The Labute approximate surface area is 351 Å². The number of rotatable bonds is 8. The van der Waals surface area contributed by atoms with Crippen LogP contribution in [0.15, 0.2) is 97.1 Å². The largest absolute Gasteiger partial charge is 0.481 e. The number of hydrogen-bond donors (Lipinski definition) is 2. The summed E-state index contributed by atoms with van der Waals surface area (Å²) in [5.41, 5.74) is 9.51. The molecule has 4 atom stereocenters. The van der Waals surface area contributed by atoms with Crippen LogP contribution in [0.3, 0.4) is 0 Å². The van der Waals surface area contributed by atoms with Gasteiger partial charge in [-0.15, -0.1) is 0 Å². The lowest BCUT2D eigenvalue weighted by Crippen LogP contribution is -2.31. The second kappa shape index (κ2) is 17.1. The van der Waals surface area contributed by atoms with Gasteiger partial charge >= 0.3 is 24.1 Å². The van der Waals surface area contributed by atoms with E-state index in [1.54, 1.807) is 9.80 Å². The van der Waals surface area contributed by atoms with E-state index in [0.717, 1.165) is 25.7 Å². The Morgan fingerprint density at radius 2 is 0.767 bits per heavy atom. The normalized spacial score (nSPS) is 23.4. The first-order valence-electron chi connectivity index (χ1n) is 21.9. The first-order chi connectivity index (χ1) is 29.3. The molecule has 60 heavy (non-hydrogen) atoms. The summed E-state index contributed by atoms with van der Waals surface area (Å²) in [6.45, 7) is 2.06. The van der Waals surface area contributed by atoms with Crippen LogP contribution in [0.5, 0.6) is 0 Å². The third-order valence-electron chi connectivity index (χ3n) is 14.6. The fourth-order valence-corrected chi connectivity index (χ4v) is 11.6. The van der Waals surface area contributed by atoms with E-state index in [9.17, 15) is 29.4 Å². The van der Waals surface area contributed by atoms with Gasteiger partial charge < -0.3 is 29.5 Å². The molecule has 2 N–H and O–H groups in total. The predicted molar refractivity (Wildman–Crippen MR) is 226 cm³/mol. The van der Waals surface area contributed by atoms with Crippen LogP contribution in [-0.4, -0.2) is 83.5 Å². The minimum Gasteiger partial charge on any atom is -0.481 e. The van der Waals surface area contributed by atoms with E-state index in [-0.39, 0.29) is 62.2 Å². The molecule has 4 fully saturated rings. The highest BCUT2D eigenvalue weighted by molar-refractivity contribution is 5.81. The number of aliphatic carboxylic acids is 2.